The molecule has 1 aliphatic rings. The molecule has 1 fully saturated rings. The fourth-order valence-electron chi connectivity index (χ4n) is 2.65. The van der Waals surface area contributed by atoms with Crippen LogP contribution in [0.1, 0.15) is 37.1 Å². The Morgan fingerprint density at radius 1 is 1.14 bits per heavy atom. The van der Waals surface area contributed by atoms with Gasteiger partial charge in [0.1, 0.15) is 17.5 Å². The van der Waals surface area contributed by atoms with E-state index in [1.165, 1.54) is 12.0 Å². The van der Waals surface area contributed by atoms with E-state index in [4.69, 9.17) is 0 Å². The number of anilines is 2. The normalized spacial score (nSPS) is 20.1. The molecule has 1 aromatic carbocycles. The van der Waals surface area contributed by atoms with E-state index in [2.05, 4.69) is 57.9 Å². The second-order valence-electron chi connectivity index (χ2n) is 5.56. The Morgan fingerprint density at radius 2 is 1.90 bits per heavy atom. The highest BCUT2D eigenvalue weighted by atomic mass is 15.1. The van der Waals surface area contributed by atoms with Gasteiger partial charge in [-0.05, 0) is 18.4 Å². The molecule has 2 aromatic rings. The lowest BCUT2D eigenvalue weighted by Crippen LogP contribution is -2.09. The van der Waals surface area contributed by atoms with E-state index in [9.17, 15) is 0 Å². The van der Waals surface area contributed by atoms with Gasteiger partial charge in [0.25, 0.3) is 0 Å². The maximum absolute atomic E-state index is 4.62. The summed E-state index contributed by atoms with van der Waals surface area (Å²) in [5, 5.41) is 6.66. The molecule has 21 heavy (non-hydrogen) atoms. The van der Waals surface area contributed by atoms with Crippen molar-refractivity contribution < 1.29 is 0 Å². The number of benzene rings is 1. The molecule has 1 heterocycles. The third-order valence-corrected chi connectivity index (χ3v) is 3.85. The Kier molecular flexibility index (Phi) is 4.04. The second-order valence-corrected chi connectivity index (χ2v) is 5.56. The predicted molar refractivity (Wildman–Crippen MR) is 86.8 cm³/mol. The number of nitrogens with zero attached hydrogens (tertiary/aromatic N) is 2. The van der Waals surface area contributed by atoms with Crippen LogP contribution < -0.4 is 10.6 Å². The molecule has 1 aromatic heterocycles. The summed E-state index contributed by atoms with van der Waals surface area (Å²) in [6, 6.07) is 13.2. The lowest BCUT2D eigenvalue weighted by molar-refractivity contribution is 0.834. The Labute approximate surface area is 126 Å². The number of aromatic nitrogens is 2. The molecule has 2 unspecified atom stereocenters. The van der Waals surface area contributed by atoms with E-state index in [1.54, 1.807) is 0 Å². The molecule has 0 amide bonds. The third-order valence-electron chi connectivity index (χ3n) is 3.85. The molecule has 1 aliphatic carbocycles. The number of rotatable bonds is 6. The SMILES string of the molecule is CCCc1nc(NC)cc(NC2CC2c2ccccc2)n1. The van der Waals surface area contributed by atoms with E-state index in [-0.39, 0.29) is 0 Å². The first-order valence-electron chi connectivity index (χ1n) is 7.67. The Hall–Kier alpha value is -2.10. The van der Waals surface area contributed by atoms with E-state index >= 15 is 0 Å². The molecule has 4 nitrogen and oxygen atoms in total. The first-order chi connectivity index (χ1) is 10.3. The zero-order valence-corrected chi connectivity index (χ0v) is 12.6. The van der Waals surface area contributed by atoms with Crippen molar-refractivity contribution in [1.29, 1.82) is 0 Å². The van der Waals surface area contributed by atoms with E-state index in [0.29, 0.717) is 12.0 Å². The van der Waals surface area contributed by atoms with Crippen LogP contribution in [0.25, 0.3) is 0 Å². The average molecular weight is 282 g/mol. The minimum Gasteiger partial charge on any atom is -0.373 e. The van der Waals surface area contributed by atoms with Gasteiger partial charge in [-0.25, -0.2) is 9.97 Å². The summed E-state index contributed by atoms with van der Waals surface area (Å²) in [6.45, 7) is 2.15. The van der Waals surface area contributed by atoms with Crippen LogP contribution in [0.5, 0.6) is 0 Å². The van der Waals surface area contributed by atoms with Crippen molar-refractivity contribution in [3.63, 3.8) is 0 Å². The highest BCUT2D eigenvalue weighted by molar-refractivity contribution is 5.49. The van der Waals surface area contributed by atoms with E-state index < -0.39 is 0 Å². The van der Waals surface area contributed by atoms with Crippen molar-refractivity contribution in [2.45, 2.75) is 38.1 Å². The maximum atomic E-state index is 4.62. The van der Waals surface area contributed by atoms with Gasteiger partial charge >= 0.3 is 0 Å². The monoisotopic (exact) mass is 282 g/mol. The molecule has 3 rings (SSSR count). The molecule has 0 spiro atoms. The molecule has 2 N–H and O–H groups in total. The highest BCUT2D eigenvalue weighted by Crippen LogP contribution is 2.42. The van der Waals surface area contributed by atoms with Crippen LogP contribution >= 0.6 is 0 Å². The van der Waals surface area contributed by atoms with Gasteiger partial charge in [0.05, 0.1) is 0 Å². The minimum atomic E-state index is 0.487. The van der Waals surface area contributed by atoms with Crippen LogP contribution in [0.4, 0.5) is 11.6 Å². The van der Waals surface area contributed by atoms with E-state index in [0.717, 1.165) is 30.3 Å². The number of hydrogen-bond donors (Lipinski definition) is 2. The summed E-state index contributed by atoms with van der Waals surface area (Å²) in [5.41, 5.74) is 1.41. The second kappa shape index (κ2) is 6.12. The first-order valence-corrected chi connectivity index (χ1v) is 7.67. The van der Waals surface area contributed by atoms with Gasteiger partial charge in [0.15, 0.2) is 0 Å². The summed E-state index contributed by atoms with van der Waals surface area (Å²) in [5.74, 6) is 3.33. The zero-order chi connectivity index (χ0) is 14.7. The quantitative estimate of drug-likeness (QED) is 0.852. The minimum absolute atomic E-state index is 0.487. The number of hydrogen-bond acceptors (Lipinski definition) is 4. The fraction of sp³-hybridized carbons (Fsp3) is 0.412. The maximum Gasteiger partial charge on any atom is 0.133 e. The van der Waals surface area contributed by atoms with Crippen molar-refractivity contribution in [1.82, 2.24) is 9.97 Å². The molecule has 4 heteroatoms. The molecule has 1 saturated carbocycles. The van der Waals surface area contributed by atoms with Gasteiger partial charge in [-0.15, -0.1) is 0 Å². The van der Waals surface area contributed by atoms with Crippen LogP contribution in [-0.4, -0.2) is 23.1 Å². The Morgan fingerprint density at radius 3 is 2.62 bits per heavy atom. The molecular formula is C17H22N4. The van der Waals surface area contributed by atoms with E-state index in [1.807, 2.05) is 13.1 Å². The summed E-state index contributed by atoms with van der Waals surface area (Å²) in [4.78, 5) is 9.10. The fourth-order valence-corrected chi connectivity index (χ4v) is 2.65. The molecule has 0 radical (unpaired) electrons. The van der Waals surface area contributed by atoms with Crippen molar-refractivity contribution in [2.75, 3.05) is 17.7 Å². The standard InChI is InChI=1S/C17H22N4/c1-3-7-15-20-16(18-2)11-17(21-15)19-14-10-13(14)12-8-5-4-6-9-12/h4-6,8-9,11,13-14H,3,7,10H2,1-2H3,(H2,18,19,20,21). The van der Waals surface area contributed by atoms with Gasteiger partial charge in [0.2, 0.25) is 0 Å². The van der Waals surface area contributed by atoms with Crippen LogP contribution in [0.2, 0.25) is 0 Å². The molecule has 0 bridgehead atoms. The summed E-state index contributed by atoms with van der Waals surface area (Å²) < 4.78 is 0. The van der Waals surface area contributed by atoms with Gasteiger partial charge < -0.3 is 10.6 Å². The van der Waals surface area contributed by atoms with Crippen molar-refractivity contribution in [2.24, 2.45) is 0 Å². The highest BCUT2D eigenvalue weighted by Gasteiger charge is 2.38. The summed E-state index contributed by atoms with van der Waals surface area (Å²) >= 11 is 0. The predicted octanol–water partition coefficient (Wildman–Crippen LogP) is 3.44. The third kappa shape index (κ3) is 3.32. The van der Waals surface area contributed by atoms with Crippen LogP contribution in [0.15, 0.2) is 36.4 Å². The molecule has 0 aliphatic heterocycles. The summed E-state index contributed by atoms with van der Waals surface area (Å²) in [7, 11) is 1.89. The van der Waals surface area contributed by atoms with Crippen LogP contribution in [0, 0.1) is 0 Å². The average Bonchev–Trinajstić information content (AvgIpc) is 3.27. The van der Waals surface area contributed by atoms with Gasteiger partial charge in [0, 0.05) is 31.5 Å². The van der Waals surface area contributed by atoms with Crippen molar-refractivity contribution >= 4 is 11.6 Å². The number of aryl methyl sites for hydroxylation is 1. The molecular weight excluding hydrogens is 260 g/mol. The topological polar surface area (TPSA) is 49.8 Å². The first kappa shape index (κ1) is 13.9. The molecule has 110 valence electrons. The van der Waals surface area contributed by atoms with Crippen LogP contribution in [0.3, 0.4) is 0 Å². The van der Waals surface area contributed by atoms with Gasteiger partial charge in [-0.1, -0.05) is 37.3 Å². The van der Waals surface area contributed by atoms with Crippen molar-refractivity contribution in [3.8, 4) is 0 Å². The largest absolute Gasteiger partial charge is 0.373 e. The number of nitrogens with one attached hydrogen (secondary N) is 2. The lowest BCUT2D eigenvalue weighted by atomic mass is 10.1. The molecule has 0 saturated heterocycles. The Balaban J connectivity index is 1.70. The lowest BCUT2D eigenvalue weighted by Gasteiger charge is -2.09. The van der Waals surface area contributed by atoms with Crippen LogP contribution in [-0.2, 0) is 6.42 Å². The molecule has 2 atom stereocenters. The smallest absolute Gasteiger partial charge is 0.133 e. The van der Waals surface area contributed by atoms with Crippen molar-refractivity contribution in [3.05, 3.63) is 47.8 Å². The zero-order valence-electron chi connectivity index (χ0n) is 12.6. The van der Waals surface area contributed by atoms with Gasteiger partial charge in [-0.2, -0.15) is 0 Å². The Bertz CT molecular complexity index is 597. The summed E-state index contributed by atoms with van der Waals surface area (Å²) in [6.07, 6.45) is 3.14. The van der Waals surface area contributed by atoms with Gasteiger partial charge in [-0.3, -0.25) is 0 Å².